The minimum Gasteiger partial charge on any atom is -0.343 e. The van der Waals surface area contributed by atoms with Gasteiger partial charge in [-0.15, -0.1) is 0 Å². The van der Waals surface area contributed by atoms with Crippen molar-refractivity contribution in [2.24, 2.45) is 11.7 Å². The van der Waals surface area contributed by atoms with Crippen molar-refractivity contribution in [2.75, 3.05) is 26.2 Å². The van der Waals surface area contributed by atoms with Crippen molar-refractivity contribution in [1.82, 2.24) is 10.2 Å². The fourth-order valence-electron chi connectivity index (χ4n) is 1.95. The van der Waals surface area contributed by atoms with E-state index in [0.29, 0.717) is 18.9 Å². The van der Waals surface area contributed by atoms with E-state index >= 15 is 0 Å². The van der Waals surface area contributed by atoms with Gasteiger partial charge in [0.05, 0.1) is 0 Å². The monoisotopic (exact) mass is 227 g/mol. The van der Waals surface area contributed by atoms with Gasteiger partial charge in [-0.2, -0.15) is 0 Å². The van der Waals surface area contributed by atoms with Crippen molar-refractivity contribution in [3.8, 4) is 0 Å². The van der Waals surface area contributed by atoms with E-state index in [-0.39, 0.29) is 11.9 Å². The van der Waals surface area contributed by atoms with Crippen molar-refractivity contribution in [3.05, 3.63) is 0 Å². The first-order chi connectivity index (χ1) is 7.63. The lowest BCUT2D eigenvalue weighted by Crippen LogP contribution is -2.42. The molecule has 0 aromatic heterocycles. The maximum absolute atomic E-state index is 11.9. The Morgan fingerprint density at radius 1 is 1.38 bits per heavy atom. The average Bonchev–Trinajstić information content (AvgIpc) is 2.76. The second-order valence-electron chi connectivity index (χ2n) is 5.03. The molecule has 1 saturated heterocycles. The largest absolute Gasteiger partial charge is 0.343 e. The number of hydrogen-bond donors (Lipinski definition) is 2. The van der Waals surface area contributed by atoms with Gasteiger partial charge >= 0.3 is 0 Å². The number of nitrogens with two attached hydrogens (primary N) is 1. The van der Waals surface area contributed by atoms with Gasteiger partial charge in [-0.1, -0.05) is 13.8 Å². The summed E-state index contributed by atoms with van der Waals surface area (Å²) in [5.41, 5.74) is 5.67. The highest BCUT2D eigenvalue weighted by Crippen LogP contribution is 2.09. The summed E-state index contributed by atoms with van der Waals surface area (Å²) in [6.07, 6.45) is 2.85. The van der Waals surface area contributed by atoms with Gasteiger partial charge in [-0.05, 0) is 25.3 Å². The quantitative estimate of drug-likeness (QED) is 0.697. The molecule has 1 heterocycles. The molecule has 1 aliphatic heterocycles. The van der Waals surface area contributed by atoms with E-state index < -0.39 is 0 Å². The molecule has 1 unspecified atom stereocenters. The molecule has 0 spiro atoms. The Morgan fingerprint density at radius 2 is 2.00 bits per heavy atom. The first kappa shape index (κ1) is 13.5. The van der Waals surface area contributed by atoms with Crippen molar-refractivity contribution >= 4 is 5.91 Å². The maximum Gasteiger partial charge on any atom is 0.224 e. The van der Waals surface area contributed by atoms with Crippen molar-refractivity contribution in [2.45, 2.75) is 39.2 Å². The lowest BCUT2D eigenvalue weighted by atomic mass is 10.1. The van der Waals surface area contributed by atoms with Crippen LogP contribution >= 0.6 is 0 Å². The van der Waals surface area contributed by atoms with Gasteiger partial charge in [0.1, 0.15) is 0 Å². The summed E-state index contributed by atoms with van der Waals surface area (Å²) in [5, 5.41) is 3.35. The standard InChI is InChI=1S/C12H25N3O/c1-10(2)9-14-11(8-13)7-12(16)15-5-3-4-6-15/h10-11,14H,3-9,13H2,1-2H3. The molecule has 4 nitrogen and oxygen atoms in total. The number of carbonyl (C=O) groups is 1. The van der Waals surface area contributed by atoms with E-state index in [1.54, 1.807) is 0 Å². The van der Waals surface area contributed by atoms with Gasteiger partial charge in [-0.25, -0.2) is 0 Å². The van der Waals surface area contributed by atoms with Gasteiger partial charge in [0.25, 0.3) is 0 Å². The Morgan fingerprint density at radius 3 is 2.50 bits per heavy atom. The number of carbonyl (C=O) groups excluding carboxylic acids is 1. The van der Waals surface area contributed by atoms with E-state index in [2.05, 4.69) is 19.2 Å². The molecule has 0 aliphatic carbocycles. The number of nitrogens with one attached hydrogen (secondary N) is 1. The van der Waals surface area contributed by atoms with Gasteiger partial charge in [0, 0.05) is 32.1 Å². The third-order valence-electron chi connectivity index (χ3n) is 2.98. The molecule has 1 rings (SSSR count). The summed E-state index contributed by atoms with van der Waals surface area (Å²) >= 11 is 0. The summed E-state index contributed by atoms with van der Waals surface area (Å²) in [5.74, 6) is 0.847. The molecule has 4 heteroatoms. The summed E-state index contributed by atoms with van der Waals surface area (Å²) in [6, 6.07) is 0.135. The van der Waals surface area contributed by atoms with Crippen LogP contribution in [0.1, 0.15) is 33.1 Å². The fraction of sp³-hybridized carbons (Fsp3) is 0.917. The normalized spacial score (nSPS) is 18.1. The van der Waals surface area contributed by atoms with Crippen LogP contribution in [0.5, 0.6) is 0 Å². The molecule has 0 saturated carbocycles. The Balaban J connectivity index is 2.28. The molecular weight excluding hydrogens is 202 g/mol. The van der Waals surface area contributed by atoms with Crippen LogP contribution in [-0.2, 0) is 4.79 Å². The number of likely N-dealkylation sites (tertiary alicyclic amines) is 1. The molecular formula is C12H25N3O. The molecule has 16 heavy (non-hydrogen) atoms. The number of hydrogen-bond acceptors (Lipinski definition) is 3. The molecule has 0 aromatic rings. The third-order valence-corrected chi connectivity index (χ3v) is 2.98. The first-order valence-electron chi connectivity index (χ1n) is 6.34. The zero-order valence-electron chi connectivity index (χ0n) is 10.5. The molecule has 1 amide bonds. The summed E-state index contributed by atoms with van der Waals surface area (Å²) in [7, 11) is 0. The number of rotatable bonds is 6. The average molecular weight is 227 g/mol. The Kier molecular flexibility index (Phi) is 5.77. The van der Waals surface area contributed by atoms with E-state index in [0.717, 1.165) is 32.5 Å². The van der Waals surface area contributed by atoms with Gasteiger partial charge < -0.3 is 16.0 Å². The second kappa shape index (κ2) is 6.86. The highest BCUT2D eigenvalue weighted by molar-refractivity contribution is 5.77. The molecule has 1 fully saturated rings. The highest BCUT2D eigenvalue weighted by atomic mass is 16.2. The Labute approximate surface area is 98.6 Å². The minimum absolute atomic E-state index is 0.135. The van der Waals surface area contributed by atoms with Crippen LogP contribution in [0.3, 0.4) is 0 Å². The molecule has 1 atom stereocenters. The zero-order valence-corrected chi connectivity index (χ0v) is 10.5. The number of amides is 1. The van der Waals surface area contributed by atoms with E-state index in [1.165, 1.54) is 0 Å². The lowest BCUT2D eigenvalue weighted by molar-refractivity contribution is -0.130. The Hall–Kier alpha value is -0.610. The van der Waals surface area contributed by atoms with E-state index in [1.807, 2.05) is 4.90 Å². The van der Waals surface area contributed by atoms with Gasteiger partial charge in [-0.3, -0.25) is 4.79 Å². The SMILES string of the molecule is CC(C)CNC(CN)CC(=O)N1CCCC1. The van der Waals surface area contributed by atoms with Crippen LogP contribution in [0.4, 0.5) is 0 Å². The molecule has 1 aliphatic rings. The molecule has 3 N–H and O–H groups in total. The predicted molar refractivity (Wildman–Crippen MR) is 66.1 cm³/mol. The van der Waals surface area contributed by atoms with Crippen LogP contribution in [0.2, 0.25) is 0 Å². The van der Waals surface area contributed by atoms with Gasteiger partial charge in [0.15, 0.2) is 0 Å². The van der Waals surface area contributed by atoms with Crippen LogP contribution < -0.4 is 11.1 Å². The molecule has 0 aromatic carbocycles. The summed E-state index contributed by atoms with van der Waals surface area (Å²) < 4.78 is 0. The fourth-order valence-corrected chi connectivity index (χ4v) is 1.95. The van der Waals surface area contributed by atoms with Crippen LogP contribution in [0.15, 0.2) is 0 Å². The smallest absolute Gasteiger partial charge is 0.224 e. The molecule has 94 valence electrons. The van der Waals surface area contributed by atoms with Crippen LogP contribution in [0, 0.1) is 5.92 Å². The van der Waals surface area contributed by atoms with Crippen LogP contribution in [-0.4, -0.2) is 43.0 Å². The van der Waals surface area contributed by atoms with E-state index in [9.17, 15) is 4.79 Å². The topological polar surface area (TPSA) is 58.4 Å². The summed E-state index contributed by atoms with van der Waals surface area (Å²) in [6.45, 7) is 7.63. The maximum atomic E-state index is 11.9. The van der Waals surface area contributed by atoms with Crippen LogP contribution in [0.25, 0.3) is 0 Å². The van der Waals surface area contributed by atoms with Crippen molar-refractivity contribution in [1.29, 1.82) is 0 Å². The Bertz CT molecular complexity index is 212. The van der Waals surface area contributed by atoms with Crippen molar-refractivity contribution < 1.29 is 4.79 Å². The van der Waals surface area contributed by atoms with E-state index in [4.69, 9.17) is 5.73 Å². The number of nitrogens with zero attached hydrogens (tertiary/aromatic N) is 1. The highest BCUT2D eigenvalue weighted by Gasteiger charge is 2.20. The van der Waals surface area contributed by atoms with Gasteiger partial charge in [0.2, 0.25) is 5.91 Å². The van der Waals surface area contributed by atoms with Crippen molar-refractivity contribution in [3.63, 3.8) is 0 Å². The third kappa shape index (κ3) is 4.49. The molecule has 0 bridgehead atoms. The lowest BCUT2D eigenvalue weighted by Gasteiger charge is -2.21. The predicted octanol–water partition coefficient (Wildman–Crippen LogP) is 0.572. The molecule has 0 radical (unpaired) electrons. The zero-order chi connectivity index (χ0) is 12.0. The second-order valence-corrected chi connectivity index (χ2v) is 5.03. The summed E-state index contributed by atoms with van der Waals surface area (Å²) in [4.78, 5) is 13.8. The minimum atomic E-state index is 0.135. The first-order valence-corrected chi connectivity index (χ1v) is 6.34.